The van der Waals surface area contributed by atoms with E-state index in [1.807, 2.05) is 31.3 Å². The Kier molecular flexibility index (Phi) is 5.56. The van der Waals surface area contributed by atoms with Crippen molar-refractivity contribution in [3.8, 4) is 17.0 Å². The standard InChI is InChI=1S/C22H22Cl2N6O/c1-13(21-18(23)10-26-11-19(21)24)31-16-2-3-20-17(8-16)22(29-28-20)14-9-27-30(12-14)15-4-6-25-7-5-15/h2-3,8-13,15,25H,4-7H2,1H3,(H,28,29)/t13-/m1/s1. The molecule has 160 valence electrons. The van der Waals surface area contributed by atoms with Crippen molar-refractivity contribution < 1.29 is 4.74 Å². The van der Waals surface area contributed by atoms with Crippen molar-refractivity contribution in [2.24, 2.45) is 0 Å². The van der Waals surface area contributed by atoms with Gasteiger partial charge in [-0.1, -0.05) is 23.2 Å². The fourth-order valence-electron chi connectivity index (χ4n) is 4.09. The highest BCUT2D eigenvalue weighted by molar-refractivity contribution is 6.35. The van der Waals surface area contributed by atoms with Crippen molar-refractivity contribution >= 4 is 34.1 Å². The van der Waals surface area contributed by atoms with E-state index in [2.05, 4.69) is 36.5 Å². The number of halogens is 2. The summed E-state index contributed by atoms with van der Waals surface area (Å²) < 4.78 is 8.23. The highest BCUT2D eigenvalue weighted by Gasteiger charge is 2.19. The first-order valence-corrected chi connectivity index (χ1v) is 11.0. The number of H-pyrrole nitrogens is 1. The summed E-state index contributed by atoms with van der Waals surface area (Å²) in [7, 11) is 0. The summed E-state index contributed by atoms with van der Waals surface area (Å²) in [6, 6.07) is 6.27. The predicted molar refractivity (Wildman–Crippen MR) is 122 cm³/mol. The maximum atomic E-state index is 6.28. The van der Waals surface area contributed by atoms with Crippen LogP contribution in [0.25, 0.3) is 22.2 Å². The van der Waals surface area contributed by atoms with Crippen LogP contribution in [0.2, 0.25) is 10.0 Å². The van der Waals surface area contributed by atoms with Gasteiger partial charge in [0.25, 0.3) is 0 Å². The zero-order valence-electron chi connectivity index (χ0n) is 17.0. The van der Waals surface area contributed by atoms with Gasteiger partial charge in [0.2, 0.25) is 0 Å². The van der Waals surface area contributed by atoms with E-state index in [0.29, 0.717) is 27.4 Å². The molecule has 9 heteroatoms. The molecular weight excluding hydrogens is 435 g/mol. The third-order valence-electron chi connectivity index (χ3n) is 5.70. The number of rotatable bonds is 5. The lowest BCUT2D eigenvalue weighted by molar-refractivity contribution is 0.227. The van der Waals surface area contributed by atoms with Crippen LogP contribution in [0.1, 0.15) is 37.5 Å². The molecule has 0 saturated carbocycles. The number of aromatic nitrogens is 5. The largest absolute Gasteiger partial charge is 0.486 e. The molecule has 4 aromatic rings. The smallest absolute Gasteiger partial charge is 0.124 e. The van der Waals surface area contributed by atoms with E-state index in [1.54, 1.807) is 12.4 Å². The molecule has 31 heavy (non-hydrogen) atoms. The molecule has 0 bridgehead atoms. The third-order valence-corrected chi connectivity index (χ3v) is 6.30. The van der Waals surface area contributed by atoms with Crippen molar-refractivity contribution in [1.82, 2.24) is 30.3 Å². The number of ether oxygens (including phenoxy) is 1. The Labute approximate surface area is 189 Å². The molecule has 1 saturated heterocycles. The van der Waals surface area contributed by atoms with Crippen LogP contribution < -0.4 is 10.1 Å². The molecular formula is C22H22Cl2N6O. The number of pyridine rings is 1. The Bertz CT molecular complexity index is 1190. The van der Waals surface area contributed by atoms with Crippen LogP contribution in [-0.2, 0) is 0 Å². The normalized spacial score (nSPS) is 16.0. The second-order valence-electron chi connectivity index (χ2n) is 7.75. The third kappa shape index (κ3) is 4.01. The summed E-state index contributed by atoms with van der Waals surface area (Å²) in [4.78, 5) is 4.01. The van der Waals surface area contributed by atoms with E-state index in [1.165, 1.54) is 0 Å². The number of aromatic amines is 1. The summed E-state index contributed by atoms with van der Waals surface area (Å²) in [5.41, 5.74) is 3.49. The van der Waals surface area contributed by atoms with Crippen molar-refractivity contribution in [2.45, 2.75) is 31.9 Å². The summed E-state index contributed by atoms with van der Waals surface area (Å²) in [6.07, 6.45) is 8.93. The van der Waals surface area contributed by atoms with Crippen molar-refractivity contribution in [3.05, 3.63) is 58.6 Å². The van der Waals surface area contributed by atoms with Gasteiger partial charge in [-0.25, -0.2) is 0 Å². The fraction of sp³-hybridized carbons (Fsp3) is 0.318. The Balaban J connectivity index is 1.43. The number of fused-ring (bicyclic) bond motifs is 1. The summed E-state index contributed by atoms with van der Waals surface area (Å²) in [6.45, 7) is 3.96. The average Bonchev–Trinajstić information content (AvgIpc) is 3.41. The molecule has 0 spiro atoms. The average molecular weight is 457 g/mol. The second-order valence-corrected chi connectivity index (χ2v) is 8.56. The maximum absolute atomic E-state index is 6.28. The molecule has 2 N–H and O–H groups in total. The van der Waals surface area contributed by atoms with Crippen LogP contribution in [0.3, 0.4) is 0 Å². The molecule has 0 radical (unpaired) electrons. The molecule has 1 aliphatic heterocycles. The molecule has 0 aliphatic carbocycles. The van der Waals surface area contributed by atoms with Gasteiger partial charge in [-0.2, -0.15) is 10.2 Å². The van der Waals surface area contributed by atoms with Crippen LogP contribution in [0.15, 0.2) is 43.0 Å². The van der Waals surface area contributed by atoms with Gasteiger partial charge in [0.1, 0.15) is 17.5 Å². The number of piperidine rings is 1. The van der Waals surface area contributed by atoms with Crippen LogP contribution >= 0.6 is 23.2 Å². The van der Waals surface area contributed by atoms with E-state index in [9.17, 15) is 0 Å². The molecule has 0 unspecified atom stereocenters. The molecule has 1 aliphatic rings. The maximum Gasteiger partial charge on any atom is 0.124 e. The number of hydrogen-bond acceptors (Lipinski definition) is 5. The first-order chi connectivity index (χ1) is 15.1. The summed E-state index contributed by atoms with van der Waals surface area (Å²) in [5, 5.41) is 17.6. The van der Waals surface area contributed by atoms with Gasteiger partial charge in [-0.15, -0.1) is 0 Å². The monoisotopic (exact) mass is 456 g/mol. The van der Waals surface area contributed by atoms with E-state index in [0.717, 1.165) is 48.1 Å². The number of nitrogens with zero attached hydrogens (tertiary/aromatic N) is 4. The van der Waals surface area contributed by atoms with Crippen LogP contribution in [0.5, 0.6) is 5.75 Å². The van der Waals surface area contributed by atoms with Crippen LogP contribution in [0, 0.1) is 0 Å². The lowest BCUT2D eigenvalue weighted by Gasteiger charge is -2.22. The van der Waals surface area contributed by atoms with Gasteiger partial charge in [0.15, 0.2) is 0 Å². The minimum absolute atomic E-state index is 0.335. The van der Waals surface area contributed by atoms with Gasteiger partial charge in [0.05, 0.1) is 27.8 Å². The number of hydrogen-bond donors (Lipinski definition) is 2. The highest BCUT2D eigenvalue weighted by atomic mass is 35.5. The quantitative estimate of drug-likeness (QED) is 0.431. The van der Waals surface area contributed by atoms with Crippen LogP contribution in [0.4, 0.5) is 0 Å². The topological polar surface area (TPSA) is 80.6 Å². The molecule has 0 amide bonds. The summed E-state index contributed by atoms with van der Waals surface area (Å²) in [5.74, 6) is 0.706. The van der Waals surface area contributed by atoms with E-state index in [-0.39, 0.29) is 6.10 Å². The van der Waals surface area contributed by atoms with Crippen molar-refractivity contribution in [1.29, 1.82) is 0 Å². The van der Waals surface area contributed by atoms with E-state index in [4.69, 9.17) is 27.9 Å². The molecule has 1 fully saturated rings. The van der Waals surface area contributed by atoms with Crippen LogP contribution in [-0.4, -0.2) is 38.1 Å². The number of benzene rings is 1. The first-order valence-electron chi connectivity index (χ1n) is 10.3. The lowest BCUT2D eigenvalue weighted by Crippen LogP contribution is -2.29. The molecule has 4 heterocycles. The van der Waals surface area contributed by atoms with E-state index < -0.39 is 0 Å². The van der Waals surface area contributed by atoms with Crippen molar-refractivity contribution in [3.63, 3.8) is 0 Å². The van der Waals surface area contributed by atoms with E-state index >= 15 is 0 Å². The van der Waals surface area contributed by atoms with Gasteiger partial charge in [0, 0.05) is 35.1 Å². The zero-order valence-corrected chi connectivity index (χ0v) is 18.5. The highest BCUT2D eigenvalue weighted by Crippen LogP contribution is 2.35. The molecule has 1 atom stereocenters. The lowest BCUT2D eigenvalue weighted by atomic mass is 10.1. The summed E-state index contributed by atoms with van der Waals surface area (Å²) >= 11 is 12.6. The van der Waals surface area contributed by atoms with Gasteiger partial charge >= 0.3 is 0 Å². The van der Waals surface area contributed by atoms with Gasteiger partial charge in [-0.3, -0.25) is 14.8 Å². The van der Waals surface area contributed by atoms with Gasteiger partial charge < -0.3 is 10.1 Å². The predicted octanol–water partition coefficient (Wildman–Crippen LogP) is 5.19. The van der Waals surface area contributed by atoms with Gasteiger partial charge in [-0.05, 0) is 51.1 Å². The number of nitrogens with one attached hydrogen (secondary N) is 2. The van der Waals surface area contributed by atoms with Crippen molar-refractivity contribution in [2.75, 3.05) is 13.1 Å². The minimum atomic E-state index is -0.335. The Morgan fingerprint density at radius 2 is 1.90 bits per heavy atom. The molecule has 7 nitrogen and oxygen atoms in total. The zero-order chi connectivity index (χ0) is 21.4. The Morgan fingerprint density at radius 1 is 1.13 bits per heavy atom. The second kappa shape index (κ2) is 8.49. The SMILES string of the molecule is C[C@@H](Oc1ccc2[nH]nc(-c3cnn(C4CCNCC4)c3)c2c1)c1c(Cl)cncc1Cl. The Hall–Kier alpha value is -2.61. The minimum Gasteiger partial charge on any atom is -0.486 e. The fourth-order valence-corrected chi connectivity index (χ4v) is 4.76. The first kappa shape index (κ1) is 20.3. The Morgan fingerprint density at radius 3 is 2.68 bits per heavy atom. The molecule has 1 aromatic carbocycles. The molecule has 5 rings (SSSR count). The molecule has 3 aromatic heterocycles.